The molecule has 84 valence electrons. The predicted molar refractivity (Wildman–Crippen MR) is 59.6 cm³/mol. The summed E-state index contributed by atoms with van der Waals surface area (Å²) in [5.41, 5.74) is 0.597. The molecule has 0 aliphatic rings. The fourth-order valence-corrected chi connectivity index (χ4v) is 1.44. The van der Waals surface area contributed by atoms with Gasteiger partial charge in [-0.2, -0.15) is 0 Å². The first-order valence-corrected chi connectivity index (χ1v) is 5.26. The standard InChI is InChI=1S/C11H15ClFNO/c1-15-7-3-6-14-8-9-4-2-5-10(12)11(9)13/h2,4-5,14H,3,6-8H2,1H3. The third-order valence-electron chi connectivity index (χ3n) is 2.05. The molecule has 0 unspecified atom stereocenters. The van der Waals surface area contributed by atoms with Gasteiger partial charge in [0.05, 0.1) is 5.02 Å². The van der Waals surface area contributed by atoms with Crippen LogP contribution in [0.4, 0.5) is 4.39 Å². The van der Waals surface area contributed by atoms with Crippen molar-refractivity contribution in [3.05, 3.63) is 34.6 Å². The first-order chi connectivity index (χ1) is 7.25. The average Bonchev–Trinajstić information content (AvgIpc) is 2.24. The van der Waals surface area contributed by atoms with E-state index in [1.807, 2.05) is 0 Å². The monoisotopic (exact) mass is 231 g/mol. The van der Waals surface area contributed by atoms with Gasteiger partial charge in [0.2, 0.25) is 0 Å². The summed E-state index contributed by atoms with van der Waals surface area (Å²) in [7, 11) is 1.66. The van der Waals surface area contributed by atoms with Crippen molar-refractivity contribution in [3.63, 3.8) is 0 Å². The lowest BCUT2D eigenvalue weighted by Gasteiger charge is -2.06. The van der Waals surface area contributed by atoms with E-state index in [1.165, 1.54) is 0 Å². The van der Waals surface area contributed by atoms with Crippen LogP contribution in [-0.4, -0.2) is 20.3 Å². The van der Waals surface area contributed by atoms with E-state index < -0.39 is 0 Å². The number of halogens is 2. The molecule has 0 aromatic heterocycles. The lowest BCUT2D eigenvalue weighted by Crippen LogP contribution is -2.16. The van der Waals surface area contributed by atoms with E-state index in [4.69, 9.17) is 16.3 Å². The van der Waals surface area contributed by atoms with Gasteiger partial charge in [-0.15, -0.1) is 0 Å². The van der Waals surface area contributed by atoms with Crippen LogP contribution in [-0.2, 0) is 11.3 Å². The van der Waals surface area contributed by atoms with Crippen molar-refractivity contribution in [2.75, 3.05) is 20.3 Å². The Hall–Kier alpha value is -0.640. The van der Waals surface area contributed by atoms with Crippen LogP contribution < -0.4 is 5.32 Å². The molecule has 0 bridgehead atoms. The molecular weight excluding hydrogens is 217 g/mol. The van der Waals surface area contributed by atoms with Crippen LogP contribution in [0.25, 0.3) is 0 Å². The molecule has 0 spiro atoms. The Labute approximate surface area is 94.4 Å². The molecule has 0 aliphatic heterocycles. The number of ether oxygens (including phenoxy) is 1. The van der Waals surface area contributed by atoms with Crippen molar-refractivity contribution in [2.24, 2.45) is 0 Å². The summed E-state index contributed by atoms with van der Waals surface area (Å²) in [5, 5.41) is 3.30. The van der Waals surface area contributed by atoms with E-state index in [9.17, 15) is 4.39 Å². The summed E-state index contributed by atoms with van der Waals surface area (Å²) < 4.78 is 18.3. The topological polar surface area (TPSA) is 21.3 Å². The number of nitrogens with one attached hydrogen (secondary N) is 1. The third kappa shape index (κ3) is 4.16. The molecule has 0 aliphatic carbocycles. The van der Waals surface area contributed by atoms with Crippen LogP contribution in [0.15, 0.2) is 18.2 Å². The zero-order valence-corrected chi connectivity index (χ0v) is 9.48. The zero-order chi connectivity index (χ0) is 11.1. The van der Waals surface area contributed by atoms with Crippen molar-refractivity contribution in [1.29, 1.82) is 0 Å². The van der Waals surface area contributed by atoms with E-state index in [-0.39, 0.29) is 10.8 Å². The Morgan fingerprint density at radius 2 is 2.27 bits per heavy atom. The molecule has 1 aromatic rings. The molecule has 0 saturated heterocycles. The van der Waals surface area contributed by atoms with Gasteiger partial charge in [0.15, 0.2) is 0 Å². The van der Waals surface area contributed by atoms with Gasteiger partial charge in [-0.05, 0) is 19.0 Å². The molecule has 0 radical (unpaired) electrons. The Balaban J connectivity index is 2.34. The maximum Gasteiger partial charge on any atom is 0.146 e. The molecule has 0 amide bonds. The highest BCUT2D eigenvalue weighted by Crippen LogP contribution is 2.17. The fourth-order valence-electron chi connectivity index (χ4n) is 1.25. The minimum absolute atomic E-state index is 0.172. The molecule has 1 N–H and O–H groups in total. The maximum absolute atomic E-state index is 13.4. The summed E-state index contributed by atoms with van der Waals surface area (Å²) in [6.07, 6.45) is 0.915. The first kappa shape index (κ1) is 12.4. The molecule has 0 fully saturated rings. The number of methoxy groups -OCH3 is 1. The Kier molecular flexibility index (Phi) is 5.61. The molecule has 1 rings (SSSR count). The maximum atomic E-state index is 13.4. The molecule has 0 atom stereocenters. The quantitative estimate of drug-likeness (QED) is 0.760. The molecule has 2 nitrogen and oxygen atoms in total. The van der Waals surface area contributed by atoms with Gasteiger partial charge >= 0.3 is 0 Å². The van der Waals surface area contributed by atoms with Crippen molar-refractivity contribution < 1.29 is 9.13 Å². The number of hydrogen-bond donors (Lipinski definition) is 1. The highest BCUT2D eigenvalue weighted by Gasteiger charge is 2.04. The van der Waals surface area contributed by atoms with Gasteiger partial charge in [-0.1, -0.05) is 23.7 Å². The van der Waals surface area contributed by atoms with Crippen molar-refractivity contribution in [1.82, 2.24) is 5.32 Å². The number of rotatable bonds is 6. The van der Waals surface area contributed by atoms with Crippen molar-refractivity contribution in [3.8, 4) is 0 Å². The van der Waals surface area contributed by atoms with Gasteiger partial charge in [-0.3, -0.25) is 0 Å². The van der Waals surface area contributed by atoms with Crippen LogP contribution in [0.2, 0.25) is 5.02 Å². The largest absolute Gasteiger partial charge is 0.385 e. The minimum atomic E-state index is -0.335. The SMILES string of the molecule is COCCCNCc1cccc(Cl)c1F. The van der Waals surface area contributed by atoms with Gasteiger partial charge in [0, 0.05) is 25.8 Å². The van der Waals surface area contributed by atoms with Gasteiger partial charge in [-0.25, -0.2) is 4.39 Å². The first-order valence-electron chi connectivity index (χ1n) is 4.88. The van der Waals surface area contributed by atoms with Crippen molar-refractivity contribution >= 4 is 11.6 Å². The van der Waals surface area contributed by atoms with Crippen molar-refractivity contribution in [2.45, 2.75) is 13.0 Å². The van der Waals surface area contributed by atoms with E-state index >= 15 is 0 Å². The smallest absolute Gasteiger partial charge is 0.146 e. The van der Waals surface area contributed by atoms with Crippen LogP contribution in [0, 0.1) is 5.82 Å². The fraction of sp³-hybridized carbons (Fsp3) is 0.455. The summed E-state index contributed by atoms with van der Waals surface area (Å²) in [5.74, 6) is -0.335. The van der Waals surface area contributed by atoms with E-state index in [0.29, 0.717) is 18.7 Å². The van der Waals surface area contributed by atoms with E-state index in [1.54, 1.807) is 25.3 Å². The minimum Gasteiger partial charge on any atom is -0.385 e. The Morgan fingerprint density at radius 3 is 3.00 bits per heavy atom. The van der Waals surface area contributed by atoms with Crippen LogP contribution in [0.5, 0.6) is 0 Å². The second-order valence-electron chi connectivity index (χ2n) is 3.24. The van der Waals surface area contributed by atoms with Gasteiger partial charge in [0.1, 0.15) is 5.82 Å². The second kappa shape index (κ2) is 6.77. The third-order valence-corrected chi connectivity index (χ3v) is 2.34. The lowest BCUT2D eigenvalue weighted by atomic mass is 10.2. The second-order valence-corrected chi connectivity index (χ2v) is 3.64. The molecule has 0 saturated carbocycles. The molecule has 15 heavy (non-hydrogen) atoms. The summed E-state index contributed by atoms with van der Waals surface area (Å²) in [6, 6.07) is 5.02. The number of benzene rings is 1. The molecular formula is C11H15ClFNO. The molecule has 1 aromatic carbocycles. The van der Waals surface area contributed by atoms with E-state index in [0.717, 1.165) is 13.0 Å². The predicted octanol–water partition coefficient (Wildman–Crippen LogP) is 2.61. The van der Waals surface area contributed by atoms with Gasteiger partial charge < -0.3 is 10.1 Å². The van der Waals surface area contributed by atoms with Crippen LogP contribution in [0.3, 0.4) is 0 Å². The van der Waals surface area contributed by atoms with Crippen LogP contribution in [0.1, 0.15) is 12.0 Å². The number of hydrogen-bond acceptors (Lipinski definition) is 2. The molecule has 0 heterocycles. The van der Waals surface area contributed by atoms with E-state index in [2.05, 4.69) is 5.32 Å². The Morgan fingerprint density at radius 1 is 1.47 bits per heavy atom. The Bertz CT molecular complexity index is 307. The highest BCUT2D eigenvalue weighted by atomic mass is 35.5. The average molecular weight is 232 g/mol. The summed E-state index contributed by atoms with van der Waals surface area (Å²) in [4.78, 5) is 0. The van der Waals surface area contributed by atoms with Gasteiger partial charge in [0.25, 0.3) is 0 Å². The van der Waals surface area contributed by atoms with Crippen LogP contribution >= 0.6 is 11.6 Å². The highest BCUT2D eigenvalue weighted by molar-refractivity contribution is 6.30. The summed E-state index contributed by atoms with van der Waals surface area (Å²) >= 11 is 5.65. The normalized spacial score (nSPS) is 10.6. The zero-order valence-electron chi connectivity index (χ0n) is 8.72. The lowest BCUT2D eigenvalue weighted by molar-refractivity contribution is 0.194. The molecule has 4 heteroatoms. The summed E-state index contributed by atoms with van der Waals surface area (Å²) in [6.45, 7) is 2.01.